The van der Waals surface area contributed by atoms with Gasteiger partial charge in [0.15, 0.2) is 0 Å². The summed E-state index contributed by atoms with van der Waals surface area (Å²) < 4.78 is 8.11. The number of hydrogen-bond acceptors (Lipinski definition) is 6. The molecule has 1 amide bonds. The molecule has 0 radical (unpaired) electrons. The number of piperazine rings is 1. The molecule has 3 aromatic heterocycles. The van der Waals surface area contributed by atoms with Crippen molar-refractivity contribution in [2.75, 3.05) is 62.2 Å². The van der Waals surface area contributed by atoms with Gasteiger partial charge in [-0.05, 0) is 30.9 Å². The van der Waals surface area contributed by atoms with E-state index in [1.165, 1.54) is 0 Å². The zero-order chi connectivity index (χ0) is 25.6. The van der Waals surface area contributed by atoms with Crippen molar-refractivity contribution in [1.29, 1.82) is 5.26 Å². The Bertz CT molecular complexity index is 1200. The van der Waals surface area contributed by atoms with E-state index in [0.717, 1.165) is 46.5 Å². The Morgan fingerprint density at radius 2 is 1.89 bits per heavy atom. The lowest BCUT2D eigenvalue weighted by atomic mass is 10.1. The maximum atomic E-state index is 12.1. The second kappa shape index (κ2) is 11.7. The molecule has 35 heavy (non-hydrogen) atoms. The fraction of sp³-hybridized carbons (Fsp3) is 0.538. The van der Waals surface area contributed by atoms with Crippen molar-refractivity contribution in [3.8, 4) is 6.07 Å². The zero-order valence-corrected chi connectivity index (χ0v) is 22.7. The van der Waals surface area contributed by atoms with Gasteiger partial charge in [-0.2, -0.15) is 5.26 Å². The number of carbonyl (C=O) groups excluding carboxylic acids is 1. The molecule has 1 fully saturated rings. The highest BCUT2D eigenvalue weighted by Crippen LogP contribution is 2.36. The predicted molar refractivity (Wildman–Crippen MR) is 146 cm³/mol. The number of fused-ring (bicyclic) bond motifs is 3. The smallest absolute Gasteiger partial charge is 0.222 e. The first-order chi connectivity index (χ1) is 16.8. The molecule has 1 aliphatic heterocycles. The molecule has 0 saturated carbocycles. The Kier molecular flexibility index (Phi) is 8.98. The number of amides is 1. The summed E-state index contributed by atoms with van der Waals surface area (Å²) in [6.07, 6.45) is 11.0. The molecule has 0 spiro atoms. The molecule has 1 aliphatic rings. The van der Waals surface area contributed by atoms with Crippen LogP contribution < -0.4 is 4.90 Å². The number of anilines is 1. The van der Waals surface area contributed by atoms with Crippen molar-refractivity contribution in [3.63, 3.8) is 0 Å². The van der Waals surface area contributed by atoms with E-state index < -0.39 is 10.0 Å². The van der Waals surface area contributed by atoms with E-state index >= 15 is 0 Å². The van der Waals surface area contributed by atoms with Crippen LogP contribution in [0.2, 0.25) is 0 Å². The van der Waals surface area contributed by atoms with E-state index in [1.807, 2.05) is 44.0 Å². The minimum Gasteiger partial charge on any atom is -0.367 e. The van der Waals surface area contributed by atoms with E-state index in [1.54, 1.807) is 6.20 Å². The number of ether oxygens (including phenoxy) is 1. The Labute approximate surface area is 210 Å². The molecule has 0 aromatic carbocycles. The molecule has 3 aromatic rings. The highest BCUT2D eigenvalue weighted by Gasteiger charge is 2.24. The van der Waals surface area contributed by atoms with E-state index in [9.17, 15) is 10.1 Å². The summed E-state index contributed by atoms with van der Waals surface area (Å²) in [7, 11) is -0.626. The molecule has 0 bridgehead atoms. The average Bonchev–Trinajstić information content (AvgIpc) is 3.19. The normalized spacial score (nSPS) is 14.5. The van der Waals surface area contributed by atoms with Gasteiger partial charge >= 0.3 is 0 Å². The monoisotopic (exact) mass is 498 g/mol. The third-order valence-electron chi connectivity index (χ3n) is 6.06. The Hall–Kier alpha value is -2.83. The van der Waals surface area contributed by atoms with Crippen LogP contribution in [0.4, 0.5) is 5.69 Å². The maximum absolute atomic E-state index is 12.1. The highest BCUT2D eigenvalue weighted by molar-refractivity contribution is 8.32. The summed E-state index contributed by atoms with van der Waals surface area (Å²) in [5.74, 6) is 1.24. The molecule has 4 heterocycles. The van der Waals surface area contributed by atoms with Gasteiger partial charge in [0.1, 0.15) is 24.1 Å². The van der Waals surface area contributed by atoms with Crippen molar-refractivity contribution in [2.24, 2.45) is 0 Å². The zero-order valence-electron chi connectivity index (χ0n) is 21.9. The molecule has 0 N–H and O–H groups in total. The molecular weight excluding hydrogens is 460 g/mol. The Morgan fingerprint density at radius 3 is 2.51 bits per heavy atom. The van der Waals surface area contributed by atoms with Crippen LogP contribution in [0.15, 0.2) is 24.5 Å². The van der Waals surface area contributed by atoms with Crippen LogP contribution in [0.3, 0.4) is 0 Å². The largest absolute Gasteiger partial charge is 0.367 e. The quantitative estimate of drug-likeness (QED) is 0.454. The topological polar surface area (TPSA) is 87.3 Å². The van der Waals surface area contributed by atoms with Gasteiger partial charge in [0.2, 0.25) is 5.91 Å². The first-order valence-corrected chi connectivity index (χ1v) is 15.3. The van der Waals surface area contributed by atoms with E-state index in [0.29, 0.717) is 38.5 Å². The van der Waals surface area contributed by atoms with Crippen molar-refractivity contribution in [1.82, 2.24) is 19.4 Å². The molecule has 1 saturated heterocycles. The van der Waals surface area contributed by atoms with Crippen LogP contribution in [0.1, 0.15) is 32.9 Å². The second-order valence-electron chi connectivity index (χ2n) is 9.21. The van der Waals surface area contributed by atoms with Crippen molar-refractivity contribution in [2.45, 2.75) is 33.9 Å². The molecular formula is C26H38N6O2S. The van der Waals surface area contributed by atoms with Crippen LogP contribution in [0.5, 0.6) is 0 Å². The molecule has 8 nitrogen and oxygen atoms in total. The third kappa shape index (κ3) is 6.06. The van der Waals surface area contributed by atoms with Crippen LogP contribution in [0, 0.1) is 11.3 Å². The second-order valence-corrected chi connectivity index (χ2v) is 13.8. The molecule has 190 valence electrons. The summed E-state index contributed by atoms with van der Waals surface area (Å²) in [4.78, 5) is 25.4. The van der Waals surface area contributed by atoms with Crippen LogP contribution in [0.25, 0.3) is 21.9 Å². The summed E-state index contributed by atoms with van der Waals surface area (Å²) >= 11 is 0. The van der Waals surface area contributed by atoms with Gasteiger partial charge in [0.05, 0.1) is 29.4 Å². The molecule has 0 aliphatic carbocycles. The van der Waals surface area contributed by atoms with Gasteiger partial charge in [-0.25, -0.2) is 20.0 Å². The number of aromatic nitrogens is 3. The van der Waals surface area contributed by atoms with Gasteiger partial charge in [-0.15, -0.1) is 0 Å². The van der Waals surface area contributed by atoms with Crippen molar-refractivity contribution < 1.29 is 9.53 Å². The molecule has 0 unspecified atom stereocenters. The van der Waals surface area contributed by atoms with Crippen molar-refractivity contribution >= 4 is 43.6 Å². The van der Waals surface area contributed by atoms with Crippen molar-refractivity contribution in [3.05, 3.63) is 30.2 Å². The number of pyridine rings is 2. The first-order valence-electron chi connectivity index (χ1n) is 12.3. The van der Waals surface area contributed by atoms with Gasteiger partial charge in [0, 0.05) is 49.9 Å². The van der Waals surface area contributed by atoms with Gasteiger partial charge < -0.3 is 14.5 Å². The van der Waals surface area contributed by atoms with Gasteiger partial charge in [-0.3, -0.25) is 9.36 Å². The fourth-order valence-corrected chi connectivity index (χ4v) is 4.84. The first kappa shape index (κ1) is 26.8. The Morgan fingerprint density at radius 1 is 1.17 bits per heavy atom. The maximum Gasteiger partial charge on any atom is 0.222 e. The minimum absolute atomic E-state index is 0.199. The third-order valence-corrected chi connectivity index (χ3v) is 7.45. The van der Waals surface area contributed by atoms with Gasteiger partial charge in [-0.1, -0.05) is 20.8 Å². The number of hydrogen-bond donors (Lipinski definition) is 0. The van der Waals surface area contributed by atoms with Crippen LogP contribution in [-0.4, -0.2) is 82.6 Å². The van der Waals surface area contributed by atoms with E-state index in [2.05, 4.69) is 39.3 Å². The summed E-state index contributed by atoms with van der Waals surface area (Å²) in [5, 5.41) is 11.4. The van der Waals surface area contributed by atoms with Crippen LogP contribution >= 0.6 is 10.0 Å². The lowest BCUT2D eigenvalue weighted by Crippen LogP contribution is -2.48. The summed E-state index contributed by atoms with van der Waals surface area (Å²) in [6.45, 7) is 9.92. The SMILES string of the molecule is CC.CCC(=O)N1CCN(c2ccnc3c2c2cc(C#N)ncc2n3COCCS(C)(C)C)CC1. The Balaban J connectivity index is 0.00000167. The van der Waals surface area contributed by atoms with E-state index in [-0.39, 0.29) is 5.91 Å². The molecule has 9 heteroatoms. The molecule has 0 atom stereocenters. The average molecular weight is 499 g/mol. The number of rotatable bonds is 7. The number of nitriles is 1. The van der Waals surface area contributed by atoms with Crippen LogP contribution in [-0.2, 0) is 16.3 Å². The molecule has 4 rings (SSSR count). The van der Waals surface area contributed by atoms with E-state index in [4.69, 9.17) is 9.72 Å². The number of nitrogens with zero attached hydrogens (tertiary/aromatic N) is 6. The predicted octanol–water partition coefficient (Wildman–Crippen LogP) is 4.21. The lowest BCUT2D eigenvalue weighted by Gasteiger charge is -2.36. The minimum atomic E-state index is -0.626. The summed E-state index contributed by atoms with van der Waals surface area (Å²) in [6, 6.07) is 6.03. The number of carbonyl (C=O) groups is 1. The standard InChI is InChI=1S/C24H32N6O2S.C2H6/c1-5-22(31)29-10-8-28(9-11-29)20-6-7-26-24-23(20)19-14-18(15-25)27-16-21(19)30(24)17-32-12-13-33(2,3)4;1-2/h6-7,14,16H,5,8-13,17H2,1-4H3;1-2H3. The van der Waals surface area contributed by atoms with Gasteiger partial charge in [0.25, 0.3) is 0 Å². The summed E-state index contributed by atoms with van der Waals surface area (Å²) in [5.41, 5.74) is 3.19. The fourth-order valence-electron chi connectivity index (χ4n) is 4.22. The lowest BCUT2D eigenvalue weighted by molar-refractivity contribution is -0.131. The highest BCUT2D eigenvalue weighted by atomic mass is 32.3.